The molecule has 0 aliphatic carbocycles. The number of carbonyl (C=O) groups is 2. The summed E-state index contributed by atoms with van der Waals surface area (Å²) in [6, 6.07) is 5.14. The fraction of sp³-hybridized carbons (Fsp3) is 0.500. The summed E-state index contributed by atoms with van der Waals surface area (Å²) in [4.78, 5) is 27.8. The third kappa shape index (κ3) is 5.99. The number of hydrogen-bond acceptors (Lipinski definition) is 4. The number of fused-ring (bicyclic) bond motifs is 1. The average Bonchev–Trinajstić information content (AvgIpc) is 2.88. The summed E-state index contributed by atoms with van der Waals surface area (Å²) >= 11 is 18.2. The van der Waals surface area contributed by atoms with Gasteiger partial charge >= 0.3 is 6.09 Å². The third-order valence-corrected chi connectivity index (χ3v) is 4.14. The highest BCUT2D eigenvalue weighted by atomic mass is 35.6. The van der Waals surface area contributed by atoms with Crippen molar-refractivity contribution in [3.05, 3.63) is 29.6 Å². The van der Waals surface area contributed by atoms with Gasteiger partial charge in [0.05, 0.1) is 11.0 Å². The Kier molecular flexibility index (Phi) is 6.66. The monoisotopic (exact) mass is 433 g/mol. The van der Waals surface area contributed by atoms with Gasteiger partial charge < -0.3 is 14.6 Å². The van der Waals surface area contributed by atoms with Crippen molar-refractivity contribution in [1.29, 1.82) is 0 Å². The first kappa shape index (κ1) is 21.8. The highest BCUT2D eigenvalue weighted by Gasteiger charge is 2.30. The number of halogens is 3. The van der Waals surface area contributed by atoms with Gasteiger partial charge in [-0.1, -0.05) is 34.8 Å². The molecule has 0 unspecified atom stereocenters. The van der Waals surface area contributed by atoms with Crippen LogP contribution in [0.15, 0.2) is 18.2 Å². The Balaban J connectivity index is 2.18. The lowest BCUT2D eigenvalue weighted by molar-refractivity contribution is 0.0526. The van der Waals surface area contributed by atoms with Crippen LogP contribution in [0.25, 0.3) is 11.0 Å². The first-order chi connectivity index (χ1) is 12.4. The predicted octanol–water partition coefficient (Wildman–Crippen LogP) is 4.98. The van der Waals surface area contributed by atoms with Gasteiger partial charge in [-0.15, -0.1) is 0 Å². The number of ketones is 1. The Hall–Kier alpha value is -1.50. The van der Waals surface area contributed by atoms with Gasteiger partial charge in [-0.3, -0.25) is 4.79 Å². The van der Waals surface area contributed by atoms with Crippen molar-refractivity contribution in [2.45, 2.75) is 50.1 Å². The number of nitrogens with zero attached hydrogens (tertiary/aromatic N) is 2. The van der Waals surface area contributed by atoms with Gasteiger partial charge in [0, 0.05) is 18.7 Å². The van der Waals surface area contributed by atoms with Gasteiger partial charge in [0.25, 0.3) is 0 Å². The second kappa shape index (κ2) is 8.25. The molecule has 0 bridgehead atoms. The Morgan fingerprint density at radius 2 is 1.89 bits per heavy atom. The lowest BCUT2D eigenvalue weighted by Crippen LogP contribution is -2.33. The van der Waals surface area contributed by atoms with Crippen LogP contribution in [-0.2, 0) is 15.1 Å². The molecule has 0 radical (unpaired) electrons. The number of Topliss-reactive ketones (excluding diaryl/α,β-unsaturated/α-hetero) is 1. The number of aryl methyl sites for hydroxylation is 1. The molecule has 1 heterocycles. The van der Waals surface area contributed by atoms with Crippen molar-refractivity contribution in [3.8, 4) is 0 Å². The van der Waals surface area contributed by atoms with E-state index in [2.05, 4.69) is 10.3 Å². The van der Waals surface area contributed by atoms with Gasteiger partial charge in [0.15, 0.2) is 11.6 Å². The molecule has 1 N–H and O–H groups in total. The van der Waals surface area contributed by atoms with E-state index >= 15 is 0 Å². The minimum absolute atomic E-state index is 0.0633. The van der Waals surface area contributed by atoms with E-state index in [1.54, 1.807) is 43.5 Å². The minimum Gasteiger partial charge on any atom is -0.444 e. The summed E-state index contributed by atoms with van der Waals surface area (Å²) in [6.07, 6.45) is 0.0707. The number of imidazole rings is 1. The molecule has 0 spiro atoms. The largest absolute Gasteiger partial charge is 0.444 e. The van der Waals surface area contributed by atoms with Crippen LogP contribution < -0.4 is 5.32 Å². The van der Waals surface area contributed by atoms with Crippen LogP contribution in [-0.4, -0.2) is 33.6 Å². The fourth-order valence-electron chi connectivity index (χ4n) is 2.53. The van der Waals surface area contributed by atoms with E-state index < -0.39 is 15.5 Å². The molecule has 6 nitrogen and oxygen atoms in total. The normalized spacial score (nSPS) is 12.3. The highest BCUT2D eigenvalue weighted by molar-refractivity contribution is 6.66. The van der Waals surface area contributed by atoms with E-state index in [0.29, 0.717) is 36.1 Å². The highest BCUT2D eigenvalue weighted by Crippen LogP contribution is 2.39. The first-order valence-electron chi connectivity index (χ1n) is 8.44. The van der Waals surface area contributed by atoms with Crippen molar-refractivity contribution >= 4 is 57.7 Å². The van der Waals surface area contributed by atoms with Crippen LogP contribution in [0, 0.1) is 0 Å². The van der Waals surface area contributed by atoms with Crippen LogP contribution in [0.3, 0.4) is 0 Å². The summed E-state index contributed by atoms with van der Waals surface area (Å²) in [5.41, 5.74) is 1.31. The topological polar surface area (TPSA) is 73.2 Å². The zero-order valence-corrected chi connectivity index (χ0v) is 17.9. The van der Waals surface area contributed by atoms with Crippen LogP contribution >= 0.6 is 34.8 Å². The van der Waals surface area contributed by atoms with Crippen LogP contribution in [0.4, 0.5) is 4.79 Å². The lowest BCUT2D eigenvalue weighted by Gasteiger charge is -2.20. The Bertz CT molecular complexity index is 851. The molecular formula is C18H22Cl3N3O3. The van der Waals surface area contributed by atoms with Crippen molar-refractivity contribution in [3.63, 3.8) is 0 Å². The molecule has 2 rings (SSSR count). The smallest absolute Gasteiger partial charge is 0.407 e. The van der Waals surface area contributed by atoms with Gasteiger partial charge in [0.1, 0.15) is 5.60 Å². The molecule has 1 aromatic carbocycles. The summed E-state index contributed by atoms with van der Waals surface area (Å²) in [7, 11) is 0. The standard InChI is InChI=1S/C18H22Cl3N3O3/c1-11(25)12-6-7-13-14(10-12)24(15(23-13)18(19,20)21)9-5-8-22-16(26)27-17(2,3)4/h6-7,10H,5,8-9H2,1-4H3,(H,22,26). The number of ether oxygens (including phenoxy) is 1. The summed E-state index contributed by atoms with van der Waals surface area (Å²) < 4.78 is 5.24. The fourth-order valence-corrected chi connectivity index (χ4v) is 2.96. The van der Waals surface area contributed by atoms with Gasteiger partial charge in [0.2, 0.25) is 3.79 Å². The number of carbonyl (C=O) groups excluding carboxylic acids is 2. The van der Waals surface area contributed by atoms with Gasteiger partial charge in [-0.25, -0.2) is 9.78 Å². The molecule has 0 saturated carbocycles. The van der Waals surface area contributed by atoms with Crippen molar-refractivity contribution < 1.29 is 14.3 Å². The minimum atomic E-state index is -1.71. The number of rotatable bonds is 5. The molecular weight excluding hydrogens is 413 g/mol. The number of hydrogen-bond donors (Lipinski definition) is 1. The van der Waals surface area contributed by atoms with Crippen LogP contribution in [0.1, 0.15) is 50.3 Å². The molecule has 0 atom stereocenters. The SMILES string of the molecule is CC(=O)c1ccc2nc(C(Cl)(Cl)Cl)n(CCCNC(=O)OC(C)(C)C)c2c1. The zero-order valence-electron chi connectivity index (χ0n) is 15.6. The molecule has 0 saturated heterocycles. The molecule has 1 aromatic heterocycles. The number of benzene rings is 1. The summed E-state index contributed by atoms with van der Waals surface area (Å²) in [6.45, 7) is 7.69. The Labute approximate surface area is 173 Å². The van der Waals surface area contributed by atoms with E-state index in [1.165, 1.54) is 6.92 Å². The van der Waals surface area contributed by atoms with Crippen LogP contribution in [0.5, 0.6) is 0 Å². The Morgan fingerprint density at radius 3 is 2.44 bits per heavy atom. The first-order valence-corrected chi connectivity index (χ1v) is 9.57. The second-order valence-electron chi connectivity index (χ2n) is 7.13. The van der Waals surface area contributed by atoms with Crippen LogP contribution in [0.2, 0.25) is 0 Å². The number of nitrogens with one attached hydrogen (secondary N) is 1. The lowest BCUT2D eigenvalue weighted by atomic mass is 10.1. The summed E-state index contributed by atoms with van der Waals surface area (Å²) in [5.74, 6) is 0.201. The number of alkyl halides is 3. The Morgan fingerprint density at radius 1 is 1.22 bits per heavy atom. The maximum absolute atomic E-state index is 11.7. The number of amides is 1. The maximum Gasteiger partial charge on any atom is 0.407 e. The van der Waals surface area contributed by atoms with Crippen molar-refractivity contribution in [2.24, 2.45) is 0 Å². The molecule has 2 aromatic rings. The molecule has 1 amide bonds. The molecule has 9 heteroatoms. The van der Waals surface area contributed by atoms with Gasteiger partial charge in [-0.05, 0) is 52.3 Å². The van der Waals surface area contributed by atoms with E-state index in [9.17, 15) is 9.59 Å². The quantitative estimate of drug-likeness (QED) is 0.409. The predicted molar refractivity (Wildman–Crippen MR) is 108 cm³/mol. The van der Waals surface area contributed by atoms with Crippen molar-refractivity contribution in [1.82, 2.24) is 14.9 Å². The number of aromatic nitrogens is 2. The zero-order chi connectivity index (χ0) is 20.4. The molecule has 148 valence electrons. The second-order valence-corrected chi connectivity index (χ2v) is 9.41. The molecule has 0 fully saturated rings. The summed E-state index contributed by atoms with van der Waals surface area (Å²) in [5, 5.41) is 2.69. The van der Waals surface area contributed by atoms with Gasteiger partial charge in [-0.2, -0.15) is 0 Å². The van der Waals surface area contributed by atoms with E-state index in [-0.39, 0.29) is 11.6 Å². The molecule has 0 aliphatic heterocycles. The van der Waals surface area contributed by atoms with E-state index in [1.807, 2.05) is 0 Å². The third-order valence-electron chi connectivity index (χ3n) is 3.64. The van der Waals surface area contributed by atoms with Crippen molar-refractivity contribution in [2.75, 3.05) is 6.54 Å². The molecule has 0 aliphatic rings. The maximum atomic E-state index is 11.7. The number of alkyl carbamates (subject to hydrolysis) is 1. The average molecular weight is 435 g/mol. The van der Waals surface area contributed by atoms with E-state index in [4.69, 9.17) is 39.5 Å². The molecule has 27 heavy (non-hydrogen) atoms. The van der Waals surface area contributed by atoms with E-state index in [0.717, 1.165) is 0 Å².